The first-order chi connectivity index (χ1) is 14.4. The van der Waals surface area contributed by atoms with E-state index in [1.807, 2.05) is 38.1 Å². The molecular weight excluding hydrogens is 382 g/mol. The molecule has 0 spiro atoms. The summed E-state index contributed by atoms with van der Waals surface area (Å²) in [4.78, 5) is 22.4. The highest BCUT2D eigenvalue weighted by molar-refractivity contribution is 6.15. The van der Waals surface area contributed by atoms with E-state index in [-0.39, 0.29) is 11.1 Å². The maximum Gasteiger partial charge on any atom is 0.194 e. The van der Waals surface area contributed by atoms with E-state index in [0.29, 0.717) is 22.5 Å². The minimum absolute atomic E-state index is 0.118. The number of carbonyl (C=O) groups excluding carboxylic acids is 1. The van der Waals surface area contributed by atoms with E-state index in [1.165, 1.54) is 36.4 Å². The molecular formula is C25H18F2N2O. The molecule has 30 heavy (non-hydrogen) atoms. The summed E-state index contributed by atoms with van der Waals surface area (Å²) in [6.45, 7) is 3.67. The van der Waals surface area contributed by atoms with Crippen molar-refractivity contribution in [3.05, 3.63) is 107 Å². The Morgan fingerprint density at radius 3 is 1.50 bits per heavy atom. The van der Waals surface area contributed by atoms with Gasteiger partial charge >= 0.3 is 0 Å². The second-order valence-electron chi connectivity index (χ2n) is 7.04. The third-order valence-electron chi connectivity index (χ3n) is 4.78. The molecule has 0 saturated heterocycles. The third kappa shape index (κ3) is 3.87. The van der Waals surface area contributed by atoms with E-state index >= 15 is 0 Å². The lowest BCUT2D eigenvalue weighted by atomic mass is 9.92. The number of aromatic nitrogens is 2. The molecule has 0 amide bonds. The van der Waals surface area contributed by atoms with Gasteiger partial charge in [-0.15, -0.1) is 0 Å². The molecule has 4 aromatic rings. The summed E-state index contributed by atoms with van der Waals surface area (Å²) in [5, 5.41) is 0. The SMILES string of the molecule is Cc1cccc(-c2ccc(F)cc2C(=O)c2cc(F)ccc2-c2cccc(C)n2)n1. The van der Waals surface area contributed by atoms with Crippen molar-refractivity contribution in [2.24, 2.45) is 0 Å². The smallest absolute Gasteiger partial charge is 0.194 e. The summed E-state index contributed by atoms with van der Waals surface area (Å²) in [7, 11) is 0. The van der Waals surface area contributed by atoms with Crippen molar-refractivity contribution in [2.75, 3.05) is 0 Å². The van der Waals surface area contributed by atoms with E-state index in [4.69, 9.17) is 0 Å². The predicted molar refractivity (Wildman–Crippen MR) is 112 cm³/mol. The molecule has 3 nitrogen and oxygen atoms in total. The van der Waals surface area contributed by atoms with Crippen molar-refractivity contribution in [2.45, 2.75) is 13.8 Å². The van der Waals surface area contributed by atoms with Crippen LogP contribution in [-0.2, 0) is 0 Å². The van der Waals surface area contributed by atoms with Crippen molar-refractivity contribution >= 4 is 5.78 Å². The number of nitrogens with zero attached hydrogens (tertiary/aromatic N) is 2. The molecule has 0 fully saturated rings. The summed E-state index contributed by atoms with van der Waals surface area (Å²) in [5.41, 5.74) is 3.83. The first-order valence-electron chi connectivity index (χ1n) is 9.44. The Morgan fingerprint density at radius 1 is 0.667 bits per heavy atom. The number of benzene rings is 2. The van der Waals surface area contributed by atoms with Crippen LogP contribution in [0.4, 0.5) is 8.78 Å². The number of halogens is 2. The van der Waals surface area contributed by atoms with Gasteiger partial charge in [-0.25, -0.2) is 8.78 Å². The van der Waals surface area contributed by atoms with E-state index in [2.05, 4.69) is 9.97 Å². The highest BCUT2D eigenvalue weighted by Crippen LogP contribution is 2.30. The molecule has 148 valence electrons. The molecule has 0 aliphatic carbocycles. The Morgan fingerprint density at radius 2 is 1.10 bits per heavy atom. The van der Waals surface area contributed by atoms with E-state index in [9.17, 15) is 13.6 Å². The third-order valence-corrected chi connectivity index (χ3v) is 4.78. The van der Waals surface area contributed by atoms with E-state index in [0.717, 1.165) is 11.4 Å². The van der Waals surface area contributed by atoms with Crippen molar-refractivity contribution < 1.29 is 13.6 Å². The van der Waals surface area contributed by atoms with Crippen LogP contribution in [0.15, 0.2) is 72.8 Å². The molecule has 4 rings (SSSR count). The van der Waals surface area contributed by atoms with Gasteiger partial charge in [0.05, 0.1) is 11.4 Å². The van der Waals surface area contributed by atoms with Gasteiger partial charge in [0.25, 0.3) is 0 Å². The number of rotatable bonds is 4. The number of hydrogen-bond acceptors (Lipinski definition) is 3. The van der Waals surface area contributed by atoms with E-state index in [1.54, 1.807) is 12.1 Å². The van der Waals surface area contributed by atoms with Crippen LogP contribution in [0.5, 0.6) is 0 Å². The summed E-state index contributed by atoms with van der Waals surface area (Å²) < 4.78 is 28.2. The van der Waals surface area contributed by atoms with Crippen molar-refractivity contribution in [3.8, 4) is 22.5 Å². The Labute approximate surface area is 173 Å². The van der Waals surface area contributed by atoms with E-state index < -0.39 is 17.4 Å². The largest absolute Gasteiger partial charge is 0.289 e. The quantitative estimate of drug-likeness (QED) is 0.398. The number of carbonyl (C=O) groups is 1. The maximum atomic E-state index is 14.1. The van der Waals surface area contributed by atoms with Crippen LogP contribution in [0.3, 0.4) is 0 Å². The zero-order chi connectivity index (χ0) is 21.3. The monoisotopic (exact) mass is 400 g/mol. The van der Waals surface area contributed by atoms with Gasteiger partial charge in [-0.05, 0) is 74.5 Å². The molecule has 0 aliphatic rings. The number of aryl methyl sites for hydroxylation is 2. The minimum atomic E-state index is -0.554. The van der Waals surface area contributed by atoms with Gasteiger partial charge in [-0.2, -0.15) is 0 Å². The van der Waals surface area contributed by atoms with Crippen LogP contribution < -0.4 is 0 Å². The Balaban J connectivity index is 1.91. The Bertz CT molecular complexity index is 1170. The zero-order valence-corrected chi connectivity index (χ0v) is 16.5. The standard InChI is InChI=1S/C25H18F2N2O/c1-15-5-3-7-23(28-15)19-11-9-17(26)13-21(19)25(30)22-14-18(27)10-12-20(22)24-8-4-6-16(2)29-24/h3-14H,1-2H3. The zero-order valence-electron chi connectivity index (χ0n) is 16.5. The first-order valence-corrected chi connectivity index (χ1v) is 9.44. The summed E-state index contributed by atoms with van der Waals surface area (Å²) >= 11 is 0. The highest BCUT2D eigenvalue weighted by atomic mass is 19.1. The molecule has 2 aromatic heterocycles. The molecule has 5 heteroatoms. The fourth-order valence-electron chi connectivity index (χ4n) is 3.39. The lowest BCUT2D eigenvalue weighted by molar-refractivity contribution is 0.103. The minimum Gasteiger partial charge on any atom is -0.289 e. The van der Waals surface area contributed by atoms with Gasteiger partial charge in [0.2, 0.25) is 0 Å². The van der Waals surface area contributed by atoms with Gasteiger partial charge in [-0.1, -0.05) is 12.1 Å². The second-order valence-corrected chi connectivity index (χ2v) is 7.04. The highest BCUT2D eigenvalue weighted by Gasteiger charge is 2.21. The van der Waals surface area contributed by atoms with Crippen LogP contribution in [0.25, 0.3) is 22.5 Å². The summed E-state index contributed by atoms with van der Waals surface area (Å²) in [6, 6.07) is 18.8. The van der Waals surface area contributed by atoms with Crippen molar-refractivity contribution in [1.82, 2.24) is 9.97 Å². The fourth-order valence-corrected chi connectivity index (χ4v) is 3.39. The van der Waals surface area contributed by atoms with Crippen LogP contribution in [0, 0.1) is 25.5 Å². The van der Waals surface area contributed by atoms with Gasteiger partial charge in [0.15, 0.2) is 5.78 Å². The summed E-state index contributed by atoms with van der Waals surface area (Å²) in [6.07, 6.45) is 0. The summed E-state index contributed by atoms with van der Waals surface area (Å²) in [5.74, 6) is -1.60. The van der Waals surface area contributed by atoms with Gasteiger partial charge < -0.3 is 0 Å². The molecule has 2 aromatic carbocycles. The van der Waals surface area contributed by atoms with Gasteiger partial charge in [0, 0.05) is 33.6 Å². The molecule has 0 unspecified atom stereocenters. The van der Waals surface area contributed by atoms with Crippen LogP contribution in [0.2, 0.25) is 0 Å². The number of pyridine rings is 2. The van der Waals surface area contributed by atoms with Gasteiger partial charge in [0.1, 0.15) is 11.6 Å². The number of hydrogen-bond donors (Lipinski definition) is 0. The van der Waals surface area contributed by atoms with Gasteiger partial charge in [-0.3, -0.25) is 14.8 Å². The molecule has 0 N–H and O–H groups in total. The average Bonchev–Trinajstić information content (AvgIpc) is 2.73. The molecule has 0 radical (unpaired) electrons. The Kier molecular flexibility index (Phi) is 5.19. The topological polar surface area (TPSA) is 42.9 Å². The van der Waals surface area contributed by atoms with Crippen molar-refractivity contribution in [1.29, 1.82) is 0 Å². The molecule has 0 bridgehead atoms. The molecule has 0 atom stereocenters. The van der Waals surface area contributed by atoms with Crippen molar-refractivity contribution in [3.63, 3.8) is 0 Å². The maximum absolute atomic E-state index is 14.1. The van der Waals surface area contributed by atoms with Crippen LogP contribution in [0.1, 0.15) is 27.3 Å². The normalized spacial score (nSPS) is 10.8. The molecule has 0 aliphatic heterocycles. The lowest BCUT2D eigenvalue weighted by Crippen LogP contribution is -2.08. The predicted octanol–water partition coefficient (Wildman–Crippen LogP) is 5.94. The molecule has 0 saturated carbocycles. The Hall–Kier alpha value is -3.73. The molecule has 2 heterocycles. The fraction of sp³-hybridized carbons (Fsp3) is 0.0800. The first kappa shape index (κ1) is 19.6. The average molecular weight is 400 g/mol. The number of ketones is 1. The van der Waals surface area contributed by atoms with Crippen LogP contribution >= 0.6 is 0 Å². The lowest BCUT2D eigenvalue weighted by Gasteiger charge is -2.13. The second kappa shape index (κ2) is 7.95. The van der Waals surface area contributed by atoms with Crippen LogP contribution in [-0.4, -0.2) is 15.8 Å².